The van der Waals surface area contributed by atoms with Gasteiger partial charge in [-0.2, -0.15) is 17.3 Å². The van der Waals surface area contributed by atoms with Gasteiger partial charge in [0.2, 0.25) is 0 Å². The Morgan fingerprint density at radius 2 is 1.12 bits per heavy atom. The molecule has 0 unspecified atom stereocenters. The van der Waals surface area contributed by atoms with Crippen LogP contribution in [0, 0.1) is 0 Å². The fourth-order valence-corrected chi connectivity index (χ4v) is 0. The van der Waals surface area contributed by atoms with Crippen LogP contribution in [0.4, 0.5) is 0 Å². The molecule has 0 aliphatic carbocycles. The predicted octanol–water partition coefficient (Wildman–Crippen LogP) is 0.419. The van der Waals surface area contributed by atoms with Gasteiger partial charge in [-0.25, -0.2) is 0 Å². The lowest BCUT2D eigenvalue weighted by molar-refractivity contribution is 0.559. The largest absolute Gasteiger partial charge is 0.425 e. The van der Waals surface area contributed by atoms with E-state index in [1.54, 1.807) is 0 Å². The number of rotatable bonds is 0. The standard InChI is InChI=1S/Cl2O.O3S.H2S/c1-3-2;1-4(2)3;/h;;1H2. The molecule has 0 aromatic rings. The molecule has 0 spiro atoms. The monoisotopic (exact) mass is 200 g/mol. The molecule has 0 heterocycles. The zero-order valence-electron chi connectivity index (χ0n) is 3.30. The Bertz CT molecular complexity index is 92.2. The molecular weight excluding hydrogens is 199 g/mol. The first-order valence-corrected chi connectivity index (χ1v) is 2.43. The van der Waals surface area contributed by atoms with Gasteiger partial charge in [0.15, 0.2) is 0 Å². The Hall–Kier alpha value is 0.510. The summed E-state index contributed by atoms with van der Waals surface area (Å²) in [6, 6.07) is 0. The highest BCUT2D eigenvalue weighted by atomic mass is 35.6. The Kier molecular flexibility index (Phi) is 30.9. The van der Waals surface area contributed by atoms with E-state index in [0.29, 0.717) is 0 Å². The average Bonchev–Trinajstić information content (AvgIpc) is 1.33. The summed E-state index contributed by atoms with van der Waals surface area (Å²) < 4.78 is 28.5. The van der Waals surface area contributed by atoms with Gasteiger partial charge in [0.25, 0.3) is 0 Å². The molecule has 8 heteroatoms. The summed E-state index contributed by atoms with van der Waals surface area (Å²) in [6.07, 6.45) is 0. The van der Waals surface area contributed by atoms with Crippen LogP contribution in [0.3, 0.4) is 0 Å². The van der Waals surface area contributed by atoms with Gasteiger partial charge in [-0.15, -0.1) is 12.6 Å². The molecular formula is H2Cl2O4S2. The van der Waals surface area contributed by atoms with Gasteiger partial charge in [0, 0.05) is 0 Å². The van der Waals surface area contributed by atoms with Crippen LogP contribution < -0.4 is 0 Å². The molecule has 0 aliphatic heterocycles. The Morgan fingerprint density at radius 1 is 1.12 bits per heavy atom. The average molecular weight is 201 g/mol. The summed E-state index contributed by atoms with van der Waals surface area (Å²) in [4.78, 5) is 0. The first-order chi connectivity index (χ1) is 3.15. The van der Waals surface area contributed by atoms with Crippen LogP contribution in [0.15, 0.2) is 0 Å². The van der Waals surface area contributed by atoms with E-state index in [0.717, 1.165) is 0 Å². The fourth-order valence-electron chi connectivity index (χ4n) is 0. The molecule has 0 fully saturated rings. The topological polar surface area (TPSA) is 60.4 Å². The van der Waals surface area contributed by atoms with Crippen molar-refractivity contribution in [1.82, 2.24) is 0 Å². The Morgan fingerprint density at radius 3 is 1.12 bits per heavy atom. The van der Waals surface area contributed by atoms with E-state index in [1.165, 1.54) is 0 Å². The van der Waals surface area contributed by atoms with Crippen LogP contribution in [0.2, 0.25) is 0 Å². The predicted molar refractivity (Wildman–Crippen MR) is 32.9 cm³/mol. The molecule has 0 atom stereocenters. The van der Waals surface area contributed by atoms with E-state index in [1.807, 2.05) is 0 Å². The lowest BCUT2D eigenvalue weighted by atomic mass is 15.9. The summed E-state index contributed by atoms with van der Waals surface area (Å²) in [5.74, 6) is 0. The Balaban J connectivity index is -0.0000000575. The van der Waals surface area contributed by atoms with E-state index in [4.69, 9.17) is 12.6 Å². The minimum absolute atomic E-state index is 0. The maximum absolute atomic E-state index is 8.44. The van der Waals surface area contributed by atoms with Gasteiger partial charge in [0.1, 0.15) is 0 Å². The van der Waals surface area contributed by atoms with E-state index >= 15 is 0 Å². The second-order valence-electron chi connectivity index (χ2n) is 0.262. The zero-order valence-corrected chi connectivity index (χ0v) is 6.63. The van der Waals surface area contributed by atoms with Crippen LogP contribution >= 0.6 is 37.2 Å². The normalized spacial score (nSPS) is 5.25. The van der Waals surface area contributed by atoms with E-state index in [-0.39, 0.29) is 13.5 Å². The Labute approximate surface area is 64.6 Å². The highest BCUT2D eigenvalue weighted by Crippen LogP contribution is 1.78. The summed E-state index contributed by atoms with van der Waals surface area (Å²) in [6.45, 7) is 0. The third-order valence-electron chi connectivity index (χ3n) is 0. The van der Waals surface area contributed by atoms with Crippen LogP contribution in [0.5, 0.6) is 0 Å². The van der Waals surface area contributed by atoms with Gasteiger partial charge in [-0.05, 0) is 0 Å². The maximum atomic E-state index is 8.44. The number of hydrogen-bond donors (Lipinski definition) is 0. The molecule has 0 aromatic heterocycles. The molecule has 52 valence electrons. The van der Waals surface area contributed by atoms with Crippen LogP contribution in [-0.2, 0) is 14.5 Å². The molecule has 8 heavy (non-hydrogen) atoms. The van der Waals surface area contributed by atoms with Crippen molar-refractivity contribution in [3.8, 4) is 0 Å². The zero-order chi connectivity index (χ0) is 6.28. The SMILES string of the molecule is ClOCl.O=S(=O)=O.S. The molecule has 4 nitrogen and oxygen atoms in total. The van der Waals surface area contributed by atoms with Gasteiger partial charge < -0.3 is 0 Å². The van der Waals surface area contributed by atoms with E-state index < -0.39 is 10.6 Å². The highest BCUT2D eigenvalue weighted by Gasteiger charge is 1.40. The van der Waals surface area contributed by atoms with Crippen molar-refractivity contribution in [2.75, 3.05) is 0 Å². The van der Waals surface area contributed by atoms with Gasteiger partial charge in [-0.1, -0.05) is 0 Å². The van der Waals surface area contributed by atoms with Crippen LogP contribution in [0.25, 0.3) is 0 Å². The third kappa shape index (κ3) is 760. The summed E-state index contributed by atoms with van der Waals surface area (Å²) >= 11 is 8.53. The second-order valence-corrected chi connectivity index (χ2v) is 1.14. The minimum atomic E-state index is -3.11. The molecule has 0 rings (SSSR count). The second kappa shape index (κ2) is 15.6. The van der Waals surface area contributed by atoms with E-state index in [9.17, 15) is 0 Å². The number of hydrogen-bond acceptors (Lipinski definition) is 4. The van der Waals surface area contributed by atoms with Gasteiger partial charge >= 0.3 is 10.6 Å². The molecule has 0 amide bonds. The van der Waals surface area contributed by atoms with Crippen molar-refractivity contribution in [3.05, 3.63) is 0 Å². The molecule has 0 aromatic carbocycles. The quantitative estimate of drug-likeness (QED) is 0.569. The lowest BCUT2D eigenvalue weighted by Crippen LogP contribution is -1.40. The molecule has 0 radical (unpaired) electrons. The lowest BCUT2D eigenvalue weighted by Gasteiger charge is -1.46. The van der Waals surface area contributed by atoms with Crippen LogP contribution in [0.1, 0.15) is 0 Å². The molecule has 0 aliphatic rings. The van der Waals surface area contributed by atoms with Gasteiger partial charge in [0.05, 0.1) is 23.7 Å². The van der Waals surface area contributed by atoms with Crippen molar-refractivity contribution in [1.29, 1.82) is 0 Å². The smallest absolute Gasteiger partial charge is 0.197 e. The van der Waals surface area contributed by atoms with Crippen molar-refractivity contribution in [2.45, 2.75) is 0 Å². The molecule has 0 saturated heterocycles. The third-order valence-corrected chi connectivity index (χ3v) is 0. The maximum Gasteiger partial charge on any atom is 0.425 e. The highest BCUT2D eigenvalue weighted by molar-refractivity contribution is 7.59. The van der Waals surface area contributed by atoms with Crippen LogP contribution in [-0.4, -0.2) is 12.6 Å². The molecule has 0 saturated carbocycles. The fraction of sp³-hybridized carbons (Fsp3) is 0. The van der Waals surface area contributed by atoms with Crippen molar-refractivity contribution in [3.63, 3.8) is 0 Å². The summed E-state index contributed by atoms with van der Waals surface area (Å²) in [5.41, 5.74) is 0. The van der Waals surface area contributed by atoms with Crippen molar-refractivity contribution in [2.24, 2.45) is 0 Å². The molecule has 0 N–H and O–H groups in total. The summed E-state index contributed by atoms with van der Waals surface area (Å²) in [5, 5.41) is 0. The first kappa shape index (κ1) is 15.8. The number of halogens is 2. The molecule has 0 bridgehead atoms. The van der Waals surface area contributed by atoms with E-state index in [2.05, 4.69) is 27.6 Å². The van der Waals surface area contributed by atoms with Crippen molar-refractivity contribution >= 4 is 47.8 Å². The first-order valence-electron chi connectivity index (χ1n) is 0.809. The summed E-state index contributed by atoms with van der Waals surface area (Å²) in [7, 11) is -3.11. The minimum Gasteiger partial charge on any atom is -0.197 e. The van der Waals surface area contributed by atoms with Gasteiger partial charge in [-0.3, -0.25) is 0 Å². The van der Waals surface area contributed by atoms with Crippen molar-refractivity contribution < 1.29 is 16.5 Å².